The Hall–Kier alpha value is -2.34. The number of nitrogens with zero attached hydrogens (tertiary/aromatic N) is 2. The lowest BCUT2D eigenvalue weighted by Gasteiger charge is -2.08. The number of carbonyl (C=O) groups excluding carboxylic acids is 1. The molecule has 0 aliphatic carbocycles. The van der Waals surface area contributed by atoms with Crippen molar-refractivity contribution in [3.63, 3.8) is 0 Å². The Bertz CT molecular complexity index is 566. The van der Waals surface area contributed by atoms with E-state index >= 15 is 0 Å². The van der Waals surface area contributed by atoms with Crippen LogP contribution in [0.5, 0.6) is 0 Å². The molecule has 20 heavy (non-hydrogen) atoms. The number of aliphatic hydroxyl groups is 1. The van der Waals surface area contributed by atoms with Gasteiger partial charge in [-0.2, -0.15) is 5.10 Å². The van der Waals surface area contributed by atoms with Gasteiger partial charge in [0.05, 0.1) is 18.8 Å². The van der Waals surface area contributed by atoms with Crippen molar-refractivity contribution < 1.29 is 14.6 Å². The quantitative estimate of drug-likeness (QED) is 0.874. The van der Waals surface area contributed by atoms with E-state index in [-0.39, 0.29) is 13.2 Å². The van der Waals surface area contributed by atoms with E-state index in [9.17, 15) is 4.79 Å². The fourth-order valence-electron chi connectivity index (χ4n) is 1.78. The van der Waals surface area contributed by atoms with E-state index in [0.29, 0.717) is 12.4 Å². The molecule has 0 aliphatic heterocycles. The smallest absolute Gasteiger partial charge is 0.413 e. The fourth-order valence-corrected chi connectivity index (χ4v) is 1.78. The summed E-state index contributed by atoms with van der Waals surface area (Å²) in [5.41, 5.74) is 1.68. The maximum absolute atomic E-state index is 11.7. The number of hydrogen-bond donors (Lipinski definition) is 2. The molecule has 6 nitrogen and oxygen atoms in total. The Labute approximate surface area is 117 Å². The van der Waals surface area contributed by atoms with Crippen LogP contribution in [0, 0.1) is 6.92 Å². The molecule has 2 N–H and O–H groups in total. The highest BCUT2D eigenvalue weighted by Gasteiger charge is 2.09. The van der Waals surface area contributed by atoms with E-state index in [0.717, 1.165) is 11.3 Å². The van der Waals surface area contributed by atoms with Gasteiger partial charge in [0.25, 0.3) is 0 Å². The third-order valence-electron chi connectivity index (χ3n) is 2.66. The van der Waals surface area contributed by atoms with Crippen molar-refractivity contribution >= 4 is 11.9 Å². The maximum atomic E-state index is 11.7. The van der Waals surface area contributed by atoms with Gasteiger partial charge in [-0.25, -0.2) is 9.48 Å². The number of benzene rings is 1. The molecule has 0 aliphatic rings. The van der Waals surface area contributed by atoms with Gasteiger partial charge in [-0.1, -0.05) is 30.3 Å². The molecule has 1 aromatic heterocycles. The second kappa shape index (κ2) is 6.72. The number of aliphatic hydroxyl groups excluding tert-OH is 1. The molecule has 2 rings (SSSR count). The van der Waals surface area contributed by atoms with E-state index in [2.05, 4.69) is 10.4 Å². The van der Waals surface area contributed by atoms with Gasteiger partial charge >= 0.3 is 6.09 Å². The molecular weight excluding hydrogens is 258 g/mol. The Morgan fingerprint density at radius 2 is 2.15 bits per heavy atom. The van der Waals surface area contributed by atoms with Crippen LogP contribution in [0.15, 0.2) is 36.4 Å². The Kier molecular flexibility index (Phi) is 4.73. The van der Waals surface area contributed by atoms with E-state index < -0.39 is 6.09 Å². The van der Waals surface area contributed by atoms with Crippen molar-refractivity contribution in [2.24, 2.45) is 0 Å². The van der Waals surface area contributed by atoms with Crippen LogP contribution < -0.4 is 5.32 Å². The molecule has 1 aromatic carbocycles. The molecule has 0 unspecified atom stereocenters. The first-order valence-corrected chi connectivity index (χ1v) is 6.32. The SMILES string of the molecule is Cc1cc(NC(=O)OCc2ccccc2)n(CCO)n1. The van der Waals surface area contributed by atoms with Crippen LogP contribution in [0.4, 0.5) is 10.6 Å². The lowest BCUT2D eigenvalue weighted by Crippen LogP contribution is -2.17. The Morgan fingerprint density at radius 1 is 1.40 bits per heavy atom. The van der Waals surface area contributed by atoms with Gasteiger partial charge < -0.3 is 9.84 Å². The largest absolute Gasteiger partial charge is 0.444 e. The summed E-state index contributed by atoms with van der Waals surface area (Å²) in [6.45, 7) is 2.30. The lowest BCUT2D eigenvalue weighted by atomic mass is 10.2. The number of nitrogens with one attached hydrogen (secondary N) is 1. The van der Waals surface area contributed by atoms with Crippen LogP contribution in [0.2, 0.25) is 0 Å². The van der Waals surface area contributed by atoms with E-state index in [1.165, 1.54) is 4.68 Å². The highest BCUT2D eigenvalue weighted by atomic mass is 16.5. The zero-order valence-corrected chi connectivity index (χ0v) is 11.2. The molecule has 0 fully saturated rings. The minimum Gasteiger partial charge on any atom is -0.444 e. The number of amides is 1. The molecule has 0 saturated heterocycles. The zero-order chi connectivity index (χ0) is 14.4. The second-order valence-electron chi connectivity index (χ2n) is 4.30. The molecule has 1 heterocycles. The molecular formula is C14H17N3O3. The Balaban J connectivity index is 1.91. The van der Waals surface area contributed by atoms with Gasteiger partial charge in [-0.15, -0.1) is 0 Å². The highest BCUT2D eigenvalue weighted by Crippen LogP contribution is 2.11. The van der Waals surface area contributed by atoms with Crippen molar-refractivity contribution in [2.75, 3.05) is 11.9 Å². The first-order valence-electron chi connectivity index (χ1n) is 6.32. The first kappa shape index (κ1) is 14.1. The summed E-state index contributed by atoms with van der Waals surface area (Å²) in [5.74, 6) is 0.509. The molecule has 1 amide bonds. The van der Waals surface area contributed by atoms with Gasteiger partial charge in [0, 0.05) is 6.07 Å². The average Bonchev–Trinajstić information content (AvgIpc) is 2.78. The number of ether oxygens (including phenoxy) is 1. The fraction of sp³-hybridized carbons (Fsp3) is 0.286. The normalized spacial score (nSPS) is 10.3. The molecule has 0 atom stereocenters. The van der Waals surface area contributed by atoms with Crippen molar-refractivity contribution in [1.82, 2.24) is 9.78 Å². The van der Waals surface area contributed by atoms with Gasteiger partial charge in [-0.3, -0.25) is 5.32 Å². The van der Waals surface area contributed by atoms with Crippen molar-refractivity contribution in [3.05, 3.63) is 47.7 Å². The summed E-state index contributed by atoms with van der Waals surface area (Å²) >= 11 is 0. The van der Waals surface area contributed by atoms with Gasteiger partial charge in [0.1, 0.15) is 12.4 Å². The summed E-state index contributed by atoms with van der Waals surface area (Å²) in [7, 11) is 0. The van der Waals surface area contributed by atoms with Crippen LogP contribution in [0.25, 0.3) is 0 Å². The number of carbonyl (C=O) groups is 1. The van der Waals surface area contributed by atoms with Crippen LogP contribution in [-0.4, -0.2) is 27.6 Å². The maximum Gasteiger partial charge on any atom is 0.413 e. The number of aryl methyl sites for hydroxylation is 1. The first-order chi connectivity index (χ1) is 9.69. The van der Waals surface area contributed by atoms with Crippen molar-refractivity contribution in [3.8, 4) is 0 Å². The van der Waals surface area contributed by atoms with Crippen LogP contribution >= 0.6 is 0 Å². The number of aromatic nitrogens is 2. The highest BCUT2D eigenvalue weighted by molar-refractivity contribution is 5.83. The van der Waals surface area contributed by atoms with Gasteiger partial charge in [0.2, 0.25) is 0 Å². The van der Waals surface area contributed by atoms with Gasteiger partial charge in [0.15, 0.2) is 0 Å². The topological polar surface area (TPSA) is 76.4 Å². The van der Waals surface area contributed by atoms with Crippen molar-refractivity contribution in [2.45, 2.75) is 20.1 Å². The lowest BCUT2D eigenvalue weighted by molar-refractivity contribution is 0.154. The average molecular weight is 275 g/mol. The predicted octanol–water partition coefficient (Wildman–Crippen LogP) is 1.93. The summed E-state index contributed by atoms with van der Waals surface area (Å²) in [4.78, 5) is 11.7. The molecule has 0 saturated carbocycles. The standard InChI is InChI=1S/C14H17N3O3/c1-11-9-13(17(16-11)7-8-18)15-14(19)20-10-12-5-3-2-4-6-12/h2-6,9,18H,7-8,10H2,1H3,(H,15,19). The number of rotatable bonds is 5. The monoisotopic (exact) mass is 275 g/mol. The number of hydrogen-bond acceptors (Lipinski definition) is 4. The molecule has 2 aromatic rings. The number of anilines is 1. The third-order valence-corrected chi connectivity index (χ3v) is 2.66. The van der Waals surface area contributed by atoms with E-state index in [1.54, 1.807) is 6.07 Å². The predicted molar refractivity (Wildman–Crippen MR) is 74.3 cm³/mol. The summed E-state index contributed by atoms with van der Waals surface area (Å²) in [5, 5.41) is 15.7. The van der Waals surface area contributed by atoms with E-state index in [4.69, 9.17) is 9.84 Å². The molecule has 0 bridgehead atoms. The summed E-state index contributed by atoms with van der Waals surface area (Å²) < 4.78 is 6.65. The molecule has 0 spiro atoms. The van der Waals surface area contributed by atoms with Crippen LogP contribution in [0.1, 0.15) is 11.3 Å². The van der Waals surface area contributed by atoms with E-state index in [1.807, 2.05) is 37.3 Å². The summed E-state index contributed by atoms with van der Waals surface area (Å²) in [6, 6.07) is 11.2. The van der Waals surface area contributed by atoms with Crippen LogP contribution in [-0.2, 0) is 17.9 Å². The molecule has 0 radical (unpaired) electrons. The van der Waals surface area contributed by atoms with Crippen LogP contribution in [0.3, 0.4) is 0 Å². The summed E-state index contributed by atoms with van der Waals surface area (Å²) in [6.07, 6.45) is -0.548. The zero-order valence-electron chi connectivity index (χ0n) is 11.2. The minimum absolute atomic E-state index is 0.0468. The van der Waals surface area contributed by atoms with Crippen molar-refractivity contribution in [1.29, 1.82) is 0 Å². The molecule has 106 valence electrons. The second-order valence-corrected chi connectivity index (χ2v) is 4.30. The Morgan fingerprint density at radius 3 is 2.85 bits per heavy atom. The van der Waals surface area contributed by atoms with Gasteiger partial charge in [-0.05, 0) is 12.5 Å². The minimum atomic E-state index is -0.548. The molecule has 6 heteroatoms. The third kappa shape index (κ3) is 3.83.